The molecule has 9 heteroatoms. The molecule has 0 bridgehead atoms. The second-order valence-corrected chi connectivity index (χ2v) is 8.32. The van der Waals surface area contributed by atoms with Gasteiger partial charge < -0.3 is 0 Å². The van der Waals surface area contributed by atoms with Crippen LogP contribution in [-0.2, 0) is 9.84 Å². The maximum atomic E-state index is 13.2. The number of alkyl halides is 3. The fraction of sp³-hybridized carbons (Fsp3) is 0.235. The molecule has 3 rings (SSSR count). The summed E-state index contributed by atoms with van der Waals surface area (Å²) in [6.45, 7) is 0. The Morgan fingerprint density at radius 3 is 2.27 bits per heavy atom. The molecule has 0 saturated carbocycles. The number of hydrogen-bond acceptors (Lipinski definition) is 4. The molecule has 0 saturated heterocycles. The van der Waals surface area contributed by atoms with E-state index in [-0.39, 0.29) is 16.3 Å². The van der Waals surface area contributed by atoms with Gasteiger partial charge in [-0.05, 0) is 29.8 Å². The molecule has 0 aliphatic carbocycles. The van der Waals surface area contributed by atoms with Crippen LogP contribution < -0.4 is 5.01 Å². The molecule has 2 aromatic carbocycles. The zero-order valence-electron chi connectivity index (χ0n) is 13.5. The minimum absolute atomic E-state index is 0.0977. The van der Waals surface area contributed by atoms with E-state index in [2.05, 4.69) is 5.10 Å². The smallest absolute Gasteiger partial charge is 0.256 e. The van der Waals surface area contributed by atoms with Crippen molar-refractivity contribution in [3.8, 4) is 0 Å². The number of benzene rings is 2. The number of para-hydroxylation sites is 1. The number of sulfone groups is 1. The lowest BCUT2D eigenvalue weighted by Crippen LogP contribution is -2.21. The standard InChI is InChI=1S/C17H14ClF3N2O2S/c1-26(24,25)12-8-6-11(7-9-12)15-10-16(17(19,20)21)22-23(15)14-5-3-2-4-13(14)18/h2-9,15H,10H2,1H3. The van der Waals surface area contributed by atoms with Crippen molar-refractivity contribution >= 4 is 32.8 Å². The monoisotopic (exact) mass is 402 g/mol. The molecule has 0 N–H and O–H groups in total. The van der Waals surface area contributed by atoms with Gasteiger partial charge in [0, 0.05) is 12.7 Å². The zero-order valence-corrected chi connectivity index (χ0v) is 15.1. The number of nitrogens with zero attached hydrogens (tertiary/aromatic N) is 2. The normalized spacial score (nSPS) is 18.1. The third-order valence-corrected chi connectivity index (χ3v) is 5.48. The van der Waals surface area contributed by atoms with Gasteiger partial charge in [-0.15, -0.1) is 0 Å². The first-order chi connectivity index (χ1) is 12.1. The maximum absolute atomic E-state index is 13.2. The second-order valence-electron chi connectivity index (χ2n) is 5.90. The van der Waals surface area contributed by atoms with E-state index in [1.54, 1.807) is 24.3 Å². The van der Waals surface area contributed by atoms with E-state index in [0.29, 0.717) is 11.3 Å². The lowest BCUT2D eigenvalue weighted by atomic mass is 10.0. The molecule has 0 fully saturated rings. The van der Waals surface area contributed by atoms with Gasteiger partial charge in [0.05, 0.1) is 21.6 Å². The summed E-state index contributed by atoms with van der Waals surface area (Å²) in [6.07, 6.45) is -3.84. The fourth-order valence-corrected chi connectivity index (χ4v) is 3.59. The van der Waals surface area contributed by atoms with Crippen LogP contribution in [-0.4, -0.2) is 26.6 Å². The SMILES string of the molecule is CS(=O)(=O)c1ccc(C2CC(C(F)(F)F)=NN2c2ccccc2Cl)cc1. The van der Waals surface area contributed by atoms with Crippen molar-refractivity contribution in [3.63, 3.8) is 0 Å². The van der Waals surface area contributed by atoms with Crippen LogP contribution in [0.3, 0.4) is 0 Å². The van der Waals surface area contributed by atoms with Crippen molar-refractivity contribution in [2.75, 3.05) is 11.3 Å². The van der Waals surface area contributed by atoms with Crippen LogP contribution in [0.1, 0.15) is 18.0 Å². The molecular weight excluding hydrogens is 389 g/mol. The molecule has 1 heterocycles. The van der Waals surface area contributed by atoms with Gasteiger partial charge in [-0.3, -0.25) is 5.01 Å². The molecule has 138 valence electrons. The Morgan fingerprint density at radius 2 is 1.73 bits per heavy atom. The Kier molecular flexibility index (Phi) is 4.74. The highest BCUT2D eigenvalue weighted by Crippen LogP contribution is 2.41. The van der Waals surface area contributed by atoms with Gasteiger partial charge in [0.2, 0.25) is 0 Å². The minimum Gasteiger partial charge on any atom is -0.256 e. The number of halogens is 4. The van der Waals surface area contributed by atoms with Crippen LogP contribution in [0.15, 0.2) is 58.5 Å². The second kappa shape index (κ2) is 6.59. The van der Waals surface area contributed by atoms with E-state index in [1.807, 2.05) is 0 Å². The van der Waals surface area contributed by atoms with E-state index < -0.39 is 27.8 Å². The molecule has 26 heavy (non-hydrogen) atoms. The summed E-state index contributed by atoms with van der Waals surface area (Å²) in [6, 6.07) is 11.5. The number of anilines is 1. The van der Waals surface area contributed by atoms with Gasteiger partial charge in [0.1, 0.15) is 5.71 Å². The predicted molar refractivity (Wildman–Crippen MR) is 94.3 cm³/mol. The summed E-state index contributed by atoms with van der Waals surface area (Å²) >= 11 is 6.13. The van der Waals surface area contributed by atoms with Gasteiger partial charge in [0.15, 0.2) is 9.84 Å². The van der Waals surface area contributed by atoms with Crippen LogP contribution in [0.5, 0.6) is 0 Å². The molecule has 0 radical (unpaired) electrons. The predicted octanol–water partition coefficient (Wildman–Crippen LogP) is 4.61. The molecular formula is C17H14ClF3N2O2S. The van der Waals surface area contributed by atoms with E-state index in [9.17, 15) is 21.6 Å². The summed E-state index contributed by atoms with van der Waals surface area (Å²) in [5, 5.41) is 5.25. The first kappa shape index (κ1) is 18.7. The number of rotatable bonds is 3. The molecule has 0 amide bonds. The van der Waals surface area contributed by atoms with Gasteiger partial charge in [0.25, 0.3) is 0 Å². The van der Waals surface area contributed by atoms with Crippen LogP contribution in [0.25, 0.3) is 0 Å². The van der Waals surface area contributed by atoms with Crippen molar-refractivity contribution in [2.24, 2.45) is 5.10 Å². The van der Waals surface area contributed by atoms with Gasteiger partial charge in [-0.1, -0.05) is 35.9 Å². The van der Waals surface area contributed by atoms with Gasteiger partial charge in [-0.2, -0.15) is 18.3 Å². The quantitative estimate of drug-likeness (QED) is 0.753. The van der Waals surface area contributed by atoms with Crippen LogP contribution in [0.4, 0.5) is 18.9 Å². The first-order valence-electron chi connectivity index (χ1n) is 7.56. The Bertz CT molecular complexity index is 957. The topological polar surface area (TPSA) is 49.7 Å². The van der Waals surface area contributed by atoms with Crippen LogP contribution in [0, 0.1) is 0 Å². The summed E-state index contributed by atoms with van der Waals surface area (Å²) in [5.74, 6) is 0. The Balaban J connectivity index is 2.03. The third kappa shape index (κ3) is 3.71. The summed E-state index contributed by atoms with van der Waals surface area (Å²) in [5.41, 5.74) is -0.0412. The Morgan fingerprint density at radius 1 is 1.12 bits per heavy atom. The third-order valence-electron chi connectivity index (χ3n) is 4.03. The lowest BCUT2D eigenvalue weighted by molar-refractivity contribution is -0.0600. The molecule has 1 atom stereocenters. The van der Waals surface area contributed by atoms with Crippen molar-refractivity contribution in [2.45, 2.75) is 23.5 Å². The first-order valence-corrected chi connectivity index (χ1v) is 9.83. The highest BCUT2D eigenvalue weighted by Gasteiger charge is 2.43. The zero-order chi connectivity index (χ0) is 19.1. The van der Waals surface area contributed by atoms with Crippen molar-refractivity contribution in [1.29, 1.82) is 0 Å². The minimum atomic E-state index is -4.55. The Hall–Kier alpha value is -2.06. The molecule has 0 spiro atoms. The number of hydrazone groups is 1. The van der Waals surface area contributed by atoms with E-state index >= 15 is 0 Å². The highest BCUT2D eigenvalue weighted by atomic mass is 35.5. The molecule has 4 nitrogen and oxygen atoms in total. The maximum Gasteiger partial charge on any atom is 0.431 e. The van der Waals surface area contributed by atoms with Crippen LogP contribution in [0.2, 0.25) is 5.02 Å². The van der Waals surface area contributed by atoms with Crippen molar-refractivity contribution in [3.05, 3.63) is 59.1 Å². The Labute approximate surface area is 153 Å². The average Bonchev–Trinajstić information content (AvgIpc) is 3.00. The molecule has 1 aliphatic rings. The molecule has 2 aromatic rings. The van der Waals surface area contributed by atoms with Crippen LogP contribution >= 0.6 is 11.6 Å². The van der Waals surface area contributed by atoms with Crippen molar-refractivity contribution in [1.82, 2.24) is 0 Å². The summed E-state index contributed by atoms with van der Waals surface area (Å²) in [7, 11) is -3.39. The average molecular weight is 403 g/mol. The summed E-state index contributed by atoms with van der Waals surface area (Å²) < 4.78 is 62.7. The molecule has 1 unspecified atom stereocenters. The highest BCUT2D eigenvalue weighted by molar-refractivity contribution is 7.90. The number of hydrogen-bond donors (Lipinski definition) is 0. The molecule has 1 aliphatic heterocycles. The summed E-state index contributed by atoms with van der Waals surface area (Å²) in [4.78, 5) is 0.0977. The van der Waals surface area contributed by atoms with E-state index in [1.165, 1.54) is 29.3 Å². The van der Waals surface area contributed by atoms with E-state index in [4.69, 9.17) is 11.6 Å². The van der Waals surface area contributed by atoms with E-state index in [0.717, 1.165) is 6.26 Å². The van der Waals surface area contributed by atoms with Gasteiger partial charge >= 0.3 is 6.18 Å². The van der Waals surface area contributed by atoms with Crippen molar-refractivity contribution < 1.29 is 21.6 Å². The largest absolute Gasteiger partial charge is 0.431 e. The lowest BCUT2D eigenvalue weighted by Gasteiger charge is -2.25. The fourth-order valence-electron chi connectivity index (χ4n) is 2.74. The molecule has 0 aromatic heterocycles. The van der Waals surface area contributed by atoms with Gasteiger partial charge in [-0.25, -0.2) is 8.42 Å².